The lowest BCUT2D eigenvalue weighted by molar-refractivity contribution is 1.06. The fourth-order valence-electron chi connectivity index (χ4n) is 2.82. The molecule has 0 aromatic rings. The van der Waals surface area contributed by atoms with Crippen molar-refractivity contribution in [1.82, 2.24) is 0 Å². The summed E-state index contributed by atoms with van der Waals surface area (Å²) in [4.78, 5) is 0. The fraction of sp³-hybridized carbons (Fsp3) is 0.200. The van der Waals surface area contributed by atoms with Crippen LogP contribution in [0.3, 0.4) is 0 Å². The van der Waals surface area contributed by atoms with Crippen molar-refractivity contribution < 1.29 is 0 Å². The minimum Gasteiger partial charge on any atom is -0.399 e. The molecule has 1 nitrogen and oxygen atoms in total. The molecule has 0 spiro atoms. The van der Waals surface area contributed by atoms with E-state index >= 15 is 0 Å². The van der Waals surface area contributed by atoms with Gasteiger partial charge in [0.15, 0.2) is 0 Å². The molecule has 0 bridgehead atoms. The maximum absolute atomic E-state index is 5.86. The van der Waals surface area contributed by atoms with Crippen LogP contribution in [0.25, 0.3) is 0 Å². The van der Waals surface area contributed by atoms with Crippen molar-refractivity contribution >= 4 is 12.4 Å². The van der Waals surface area contributed by atoms with E-state index in [0.717, 1.165) is 11.6 Å². The van der Waals surface area contributed by atoms with Crippen LogP contribution in [0.2, 0.25) is 0 Å². The highest BCUT2D eigenvalue weighted by Gasteiger charge is 2.47. The summed E-state index contributed by atoms with van der Waals surface area (Å²) >= 11 is 0. The second-order valence-electron chi connectivity index (χ2n) is 4.84. The highest BCUT2D eigenvalue weighted by molar-refractivity contribution is 5.85. The monoisotopic (exact) mass is 243 g/mol. The molecule has 4 aliphatic carbocycles. The summed E-state index contributed by atoms with van der Waals surface area (Å²) in [5.74, 6) is 0.727. The van der Waals surface area contributed by atoms with Crippen LogP contribution in [0.4, 0.5) is 0 Å². The summed E-state index contributed by atoms with van der Waals surface area (Å²) in [5, 5.41) is 0. The van der Waals surface area contributed by atoms with Gasteiger partial charge in [-0.3, -0.25) is 0 Å². The lowest BCUT2D eigenvalue weighted by Crippen LogP contribution is -1.95. The molecule has 0 aromatic carbocycles. The van der Waals surface area contributed by atoms with Crippen LogP contribution in [0, 0.1) is 5.92 Å². The minimum atomic E-state index is 0. The van der Waals surface area contributed by atoms with Gasteiger partial charge in [0.2, 0.25) is 0 Å². The van der Waals surface area contributed by atoms with E-state index in [9.17, 15) is 0 Å². The first-order valence-corrected chi connectivity index (χ1v) is 5.82. The van der Waals surface area contributed by atoms with Gasteiger partial charge in [0, 0.05) is 11.6 Å². The highest BCUT2D eigenvalue weighted by atomic mass is 35.5. The third-order valence-electron chi connectivity index (χ3n) is 3.79. The minimum absolute atomic E-state index is 0. The summed E-state index contributed by atoms with van der Waals surface area (Å²) in [6, 6.07) is 0. The van der Waals surface area contributed by atoms with Crippen LogP contribution in [-0.4, -0.2) is 0 Å². The first kappa shape index (κ1) is 10.7. The average molecular weight is 244 g/mol. The standard InChI is InChI=1S/C15H13N.ClH/c16-9-3-1-2-4-10-11(6-5-9)13-8-15(13)14-7-12(10)14;/h1-6,12H,7-8,16H2;1H/b2-1-,6-5-,9-3+,10-4+;. The molecule has 0 radical (unpaired) electrons. The summed E-state index contributed by atoms with van der Waals surface area (Å²) in [6.45, 7) is 0. The van der Waals surface area contributed by atoms with Gasteiger partial charge < -0.3 is 5.73 Å². The SMILES string of the molecule is Cl.NC1=C/C=C\C=C2/C(=C3CC3=C3CC32)/C=C\1. The second kappa shape index (κ2) is 3.51. The number of hydrogen-bond acceptors (Lipinski definition) is 1. The van der Waals surface area contributed by atoms with Crippen LogP contribution < -0.4 is 5.73 Å². The van der Waals surface area contributed by atoms with Crippen LogP contribution in [-0.2, 0) is 0 Å². The van der Waals surface area contributed by atoms with Gasteiger partial charge in [-0.25, -0.2) is 0 Å². The lowest BCUT2D eigenvalue weighted by Gasteiger charge is -2.08. The Kier molecular flexibility index (Phi) is 2.20. The molecule has 0 saturated heterocycles. The molecule has 0 amide bonds. The summed E-state index contributed by atoms with van der Waals surface area (Å²) in [7, 11) is 0. The first-order valence-electron chi connectivity index (χ1n) is 5.82. The van der Waals surface area contributed by atoms with Crippen molar-refractivity contribution in [2.45, 2.75) is 12.8 Å². The van der Waals surface area contributed by atoms with E-state index in [2.05, 4.69) is 18.2 Å². The van der Waals surface area contributed by atoms with E-state index in [4.69, 9.17) is 5.73 Å². The Morgan fingerprint density at radius 1 is 1.06 bits per heavy atom. The number of fused-ring (bicyclic) bond motifs is 4. The van der Waals surface area contributed by atoms with Crippen molar-refractivity contribution in [3.05, 3.63) is 70.0 Å². The molecule has 0 heterocycles. The summed E-state index contributed by atoms with van der Waals surface area (Å²) in [6.07, 6.45) is 15.1. The van der Waals surface area contributed by atoms with Gasteiger partial charge >= 0.3 is 0 Å². The molecule has 17 heavy (non-hydrogen) atoms. The average Bonchev–Trinajstić information content (AvgIpc) is 3.10. The van der Waals surface area contributed by atoms with Crippen LogP contribution in [0.15, 0.2) is 70.0 Å². The van der Waals surface area contributed by atoms with Gasteiger partial charge in [-0.1, -0.05) is 29.9 Å². The van der Waals surface area contributed by atoms with Crippen molar-refractivity contribution in [1.29, 1.82) is 0 Å². The maximum Gasteiger partial charge on any atom is 0.0314 e. The molecule has 4 aliphatic rings. The molecule has 4 rings (SSSR count). The highest BCUT2D eigenvalue weighted by Crippen LogP contribution is 2.62. The van der Waals surface area contributed by atoms with Crippen molar-refractivity contribution in [3.8, 4) is 0 Å². The molecule has 2 N–H and O–H groups in total. The number of rotatable bonds is 0. The zero-order chi connectivity index (χ0) is 10.7. The molecular weight excluding hydrogens is 230 g/mol. The normalized spacial score (nSPS) is 37.5. The van der Waals surface area contributed by atoms with Gasteiger partial charge in [-0.2, -0.15) is 0 Å². The Labute approximate surface area is 107 Å². The molecule has 0 aromatic heterocycles. The van der Waals surface area contributed by atoms with Gasteiger partial charge in [0.05, 0.1) is 0 Å². The third kappa shape index (κ3) is 1.54. The van der Waals surface area contributed by atoms with E-state index in [1.54, 1.807) is 16.7 Å². The predicted octanol–water partition coefficient (Wildman–Crippen LogP) is 3.33. The van der Waals surface area contributed by atoms with Crippen molar-refractivity contribution in [2.24, 2.45) is 11.7 Å². The number of allylic oxidation sites excluding steroid dienone is 11. The topological polar surface area (TPSA) is 26.0 Å². The van der Waals surface area contributed by atoms with E-state index in [0.29, 0.717) is 0 Å². The molecule has 1 atom stereocenters. The van der Waals surface area contributed by atoms with Gasteiger partial charge in [0.1, 0.15) is 0 Å². The smallest absolute Gasteiger partial charge is 0.0314 e. The Balaban J connectivity index is 0.000000902. The van der Waals surface area contributed by atoms with E-state index in [1.165, 1.54) is 24.0 Å². The maximum atomic E-state index is 5.86. The van der Waals surface area contributed by atoms with Gasteiger partial charge in [-0.15, -0.1) is 12.4 Å². The molecule has 0 aliphatic heterocycles. The number of hydrogen-bond donors (Lipinski definition) is 1. The third-order valence-corrected chi connectivity index (χ3v) is 3.79. The largest absolute Gasteiger partial charge is 0.399 e. The first-order chi connectivity index (χ1) is 7.84. The van der Waals surface area contributed by atoms with E-state index < -0.39 is 0 Å². The molecule has 86 valence electrons. The van der Waals surface area contributed by atoms with Crippen LogP contribution >= 0.6 is 12.4 Å². The predicted molar refractivity (Wildman–Crippen MR) is 72.7 cm³/mol. The van der Waals surface area contributed by atoms with Crippen molar-refractivity contribution in [3.63, 3.8) is 0 Å². The summed E-state index contributed by atoms with van der Waals surface area (Å²) in [5.41, 5.74) is 14.5. The molecule has 2 fully saturated rings. The fourth-order valence-corrected chi connectivity index (χ4v) is 2.82. The molecule has 2 heteroatoms. The van der Waals surface area contributed by atoms with E-state index in [-0.39, 0.29) is 12.4 Å². The lowest BCUT2D eigenvalue weighted by atomic mass is 9.96. The Bertz CT molecular complexity index is 582. The Morgan fingerprint density at radius 2 is 1.88 bits per heavy atom. The quantitative estimate of drug-likeness (QED) is 0.694. The zero-order valence-electron chi connectivity index (χ0n) is 9.44. The van der Waals surface area contributed by atoms with Crippen LogP contribution in [0.5, 0.6) is 0 Å². The van der Waals surface area contributed by atoms with Gasteiger partial charge in [-0.05, 0) is 47.3 Å². The Morgan fingerprint density at radius 3 is 2.76 bits per heavy atom. The molecule has 2 saturated carbocycles. The molecule has 1 unspecified atom stereocenters. The molecular formula is C15H14ClN. The second-order valence-corrected chi connectivity index (χ2v) is 4.84. The van der Waals surface area contributed by atoms with E-state index in [1.807, 2.05) is 18.2 Å². The van der Waals surface area contributed by atoms with Gasteiger partial charge in [0.25, 0.3) is 0 Å². The number of nitrogens with two attached hydrogens (primary N) is 1. The Hall–Kier alpha value is -1.47. The van der Waals surface area contributed by atoms with Crippen molar-refractivity contribution in [2.75, 3.05) is 0 Å². The zero-order valence-corrected chi connectivity index (χ0v) is 10.3. The van der Waals surface area contributed by atoms with Crippen LogP contribution in [0.1, 0.15) is 12.8 Å². The number of halogens is 1. The summed E-state index contributed by atoms with van der Waals surface area (Å²) < 4.78 is 0.